The molecule has 0 fully saturated rings. The lowest BCUT2D eigenvalue weighted by Crippen LogP contribution is -1.82. The molecule has 0 aliphatic carbocycles. The highest BCUT2D eigenvalue weighted by atomic mass is 16.5. The smallest absolute Gasteiger partial charge is 0.180 e. The second kappa shape index (κ2) is 3.50. The minimum Gasteiger partial charge on any atom is -0.504 e. The molecule has 0 aliphatic rings. The molecule has 1 N–H and O–H groups in total. The van der Waals surface area contributed by atoms with Crippen molar-refractivity contribution in [1.82, 2.24) is 0 Å². The van der Waals surface area contributed by atoms with E-state index < -0.39 is 0 Å². The highest BCUT2D eigenvalue weighted by Crippen LogP contribution is 2.39. The van der Waals surface area contributed by atoms with Crippen LogP contribution < -0.4 is 4.74 Å². The maximum absolute atomic E-state index is 9.93. The van der Waals surface area contributed by atoms with Gasteiger partial charge in [0.05, 0.1) is 12.5 Å². The molecule has 0 bridgehead atoms. The first-order chi connectivity index (χ1) is 7.15. The zero-order valence-corrected chi connectivity index (χ0v) is 9.07. The summed E-state index contributed by atoms with van der Waals surface area (Å²) >= 11 is 0. The standard InChI is InChI=1S/C12H14O3/c1-7(2)11-10(13)8-5-4-6-9(14-3)12(8)15-11/h4-7,13H,1-3H3. The van der Waals surface area contributed by atoms with Crippen LogP contribution in [-0.4, -0.2) is 12.2 Å². The lowest BCUT2D eigenvalue weighted by Gasteiger charge is -1.99. The average molecular weight is 206 g/mol. The normalized spacial score (nSPS) is 11.2. The molecule has 80 valence electrons. The van der Waals surface area contributed by atoms with E-state index in [0.29, 0.717) is 22.5 Å². The highest BCUT2D eigenvalue weighted by Gasteiger charge is 2.18. The van der Waals surface area contributed by atoms with Gasteiger partial charge < -0.3 is 14.3 Å². The number of furan rings is 1. The Hall–Kier alpha value is -1.64. The van der Waals surface area contributed by atoms with Crippen LogP contribution in [0.4, 0.5) is 0 Å². The van der Waals surface area contributed by atoms with E-state index in [1.54, 1.807) is 7.11 Å². The molecule has 0 radical (unpaired) electrons. The molecular weight excluding hydrogens is 192 g/mol. The molecule has 0 unspecified atom stereocenters. The van der Waals surface area contributed by atoms with Crippen LogP contribution in [0.1, 0.15) is 25.5 Å². The fourth-order valence-electron chi connectivity index (χ4n) is 1.65. The van der Waals surface area contributed by atoms with Gasteiger partial charge in [0.15, 0.2) is 17.1 Å². The third-order valence-corrected chi connectivity index (χ3v) is 2.42. The van der Waals surface area contributed by atoms with Crippen molar-refractivity contribution in [1.29, 1.82) is 0 Å². The maximum atomic E-state index is 9.93. The van der Waals surface area contributed by atoms with Crippen molar-refractivity contribution in [2.24, 2.45) is 0 Å². The molecule has 1 heterocycles. The number of rotatable bonds is 2. The number of ether oxygens (including phenoxy) is 1. The fourth-order valence-corrected chi connectivity index (χ4v) is 1.65. The zero-order chi connectivity index (χ0) is 11.0. The number of para-hydroxylation sites is 1. The Morgan fingerprint density at radius 3 is 2.67 bits per heavy atom. The molecule has 2 aromatic rings. The molecular formula is C12H14O3. The molecule has 1 aromatic carbocycles. The third kappa shape index (κ3) is 1.44. The van der Waals surface area contributed by atoms with E-state index in [0.717, 1.165) is 0 Å². The van der Waals surface area contributed by atoms with Gasteiger partial charge in [-0.25, -0.2) is 0 Å². The lowest BCUT2D eigenvalue weighted by molar-refractivity contribution is 0.400. The van der Waals surface area contributed by atoms with Crippen LogP contribution in [0, 0.1) is 0 Å². The number of aromatic hydroxyl groups is 1. The van der Waals surface area contributed by atoms with Gasteiger partial charge in [-0.3, -0.25) is 0 Å². The molecule has 3 heteroatoms. The predicted molar refractivity (Wildman–Crippen MR) is 58.5 cm³/mol. The van der Waals surface area contributed by atoms with Gasteiger partial charge in [0.25, 0.3) is 0 Å². The fraction of sp³-hybridized carbons (Fsp3) is 0.333. The van der Waals surface area contributed by atoms with Gasteiger partial charge in [-0.1, -0.05) is 19.9 Å². The molecule has 0 spiro atoms. The van der Waals surface area contributed by atoms with Crippen LogP contribution >= 0.6 is 0 Å². The van der Waals surface area contributed by atoms with E-state index >= 15 is 0 Å². The molecule has 2 rings (SSSR count). The largest absolute Gasteiger partial charge is 0.504 e. The minimum absolute atomic E-state index is 0.155. The second-order valence-electron chi connectivity index (χ2n) is 3.81. The van der Waals surface area contributed by atoms with Crippen molar-refractivity contribution in [3.8, 4) is 11.5 Å². The summed E-state index contributed by atoms with van der Waals surface area (Å²) in [7, 11) is 1.59. The van der Waals surface area contributed by atoms with E-state index in [1.165, 1.54) is 0 Å². The van der Waals surface area contributed by atoms with E-state index in [-0.39, 0.29) is 11.7 Å². The number of fused-ring (bicyclic) bond motifs is 1. The molecule has 15 heavy (non-hydrogen) atoms. The number of benzene rings is 1. The summed E-state index contributed by atoms with van der Waals surface area (Å²) in [4.78, 5) is 0. The van der Waals surface area contributed by atoms with Crippen molar-refractivity contribution >= 4 is 11.0 Å². The van der Waals surface area contributed by atoms with Crippen molar-refractivity contribution < 1.29 is 14.3 Å². The van der Waals surface area contributed by atoms with Crippen molar-refractivity contribution in [3.05, 3.63) is 24.0 Å². The summed E-state index contributed by atoms with van der Waals surface area (Å²) in [5, 5.41) is 10.6. The summed E-state index contributed by atoms with van der Waals surface area (Å²) < 4.78 is 10.8. The van der Waals surface area contributed by atoms with Crippen LogP contribution in [0.25, 0.3) is 11.0 Å². The topological polar surface area (TPSA) is 42.6 Å². The van der Waals surface area contributed by atoms with Crippen LogP contribution in [0.15, 0.2) is 22.6 Å². The Bertz CT molecular complexity index is 483. The number of methoxy groups -OCH3 is 1. The Balaban J connectivity index is 2.75. The molecule has 0 aliphatic heterocycles. The Morgan fingerprint density at radius 1 is 1.33 bits per heavy atom. The molecule has 0 amide bonds. The minimum atomic E-state index is 0.155. The SMILES string of the molecule is COc1cccc2c(O)c(C(C)C)oc12. The molecule has 1 aromatic heterocycles. The van der Waals surface area contributed by atoms with Crippen LogP contribution in [0.2, 0.25) is 0 Å². The predicted octanol–water partition coefficient (Wildman–Crippen LogP) is 3.27. The van der Waals surface area contributed by atoms with E-state index in [2.05, 4.69) is 0 Å². The Labute approximate surface area is 88.3 Å². The van der Waals surface area contributed by atoms with Crippen molar-refractivity contribution in [3.63, 3.8) is 0 Å². The van der Waals surface area contributed by atoms with E-state index in [4.69, 9.17) is 9.15 Å². The van der Waals surface area contributed by atoms with Crippen LogP contribution in [0.3, 0.4) is 0 Å². The van der Waals surface area contributed by atoms with Gasteiger partial charge in [-0.15, -0.1) is 0 Å². The summed E-state index contributed by atoms with van der Waals surface area (Å²) in [6.07, 6.45) is 0. The second-order valence-corrected chi connectivity index (χ2v) is 3.81. The highest BCUT2D eigenvalue weighted by molar-refractivity contribution is 5.89. The van der Waals surface area contributed by atoms with E-state index in [1.807, 2.05) is 32.0 Å². The van der Waals surface area contributed by atoms with Gasteiger partial charge in [0, 0.05) is 5.92 Å². The Morgan fingerprint density at radius 2 is 2.07 bits per heavy atom. The summed E-state index contributed by atoms with van der Waals surface area (Å²) in [5.74, 6) is 1.63. The summed E-state index contributed by atoms with van der Waals surface area (Å²) in [5.41, 5.74) is 0.612. The van der Waals surface area contributed by atoms with Crippen LogP contribution in [0.5, 0.6) is 11.5 Å². The van der Waals surface area contributed by atoms with Crippen LogP contribution in [-0.2, 0) is 0 Å². The lowest BCUT2D eigenvalue weighted by atomic mass is 10.1. The van der Waals surface area contributed by atoms with Gasteiger partial charge in [0.1, 0.15) is 5.76 Å². The first kappa shape index (κ1) is 9.90. The van der Waals surface area contributed by atoms with Gasteiger partial charge in [-0.2, -0.15) is 0 Å². The summed E-state index contributed by atoms with van der Waals surface area (Å²) in [6, 6.07) is 5.47. The molecule has 0 atom stereocenters. The Kier molecular flexibility index (Phi) is 2.31. The number of hydrogen-bond acceptors (Lipinski definition) is 3. The molecule has 0 saturated heterocycles. The third-order valence-electron chi connectivity index (χ3n) is 2.42. The number of hydrogen-bond donors (Lipinski definition) is 1. The maximum Gasteiger partial charge on any atom is 0.180 e. The first-order valence-corrected chi connectivity index (χ1v) is 4.93. The zero-order valence-electron chi connectivity index (χ0n) is 9.07. The van der Waals surface area contributed by atoms with Gasteiger partial charge in [0.2, 0.25) is 0 Å². The van der Waals surface area contributed by atoms with Crippen molar-refractivity contribution in [2.45, 2.75) is 19.8 Å². The quantitative estimate of drug-likeness (QED) is 0.820. The first-order valence-electron chi connectivity index (χ1n) is 4.93. The average Bonchev–Trinajstić information content (AvgIpc) is 2.56. The molecule has 3 nitrogen and oxygen atoms in total. The van der Waals surface area contributed by atoms with E-state index in [9.17, 15) is 5.11 Å². The van der Waals surface area contributed by atoms with Gasteiger partial charge >= 0.3 is 0 Å². The van der Waals surface area contributed by atoms with Crippen molar-refractivity contribution in [2.75, 3.05) is 7.11 Å². The monoisotopic (exact) mass is 206 g/mol. The van der Waals surface area contributed by atoms with Gasteiger partial charge in [-0.05, 0) is 12.1 Å². The summed E-state index contributed by atoms with van der Waals surface area (Å²) in [6.45, 7) is 3.95. The molecule has 0 saturated carbocycles.